The second-order valence-electron chi connectivity index (χ2n) is 7.00. The number of carbonyl (C=O) groups is 3. The molecule has 1 N–H and O–H groups in total. The minimum atomic E-state index is -0.995. The van der Waals surface area contributed by atoms with E-state index < -0.39 is 30.1 Å². The van der Waals surface area contributed by atoms with E-state index in [0.29, 0.717) is 24.8 Å². The molecule has 0 spiro atoms. The monoisotopic (exact) mass is 436 g/mol. The maximum atomic E-state index is 13.6. The zero-order chi connectivity index (χ0) is 23.0. The number of amides is 1. The first kappa shape index (κ1) is 24.2. The smallest absolute Gasteiger partial charge is 0.308 e. The van der Waals surface area contributed by atoms with Crippen LogP contribution in [0.5, 0.6) is 0 Å². The summed E-state index contributed by atoms with van der Waals surface area (Å²) in [6.07, 6.45) is 0.612. The number of Topliss-reactive ketones (excluding diaryl/α,β-unsaturated/α-hetero) is 1. The molecule has 0 aliphatic heterocycles. The molecule has 1 aromatic heterocycles. The average Bonchev–Trinajstić information content (AvgIpc) is 3.00. The van der Waals surface area contributed by atoms with Crippen LogP contribution in [-0.2, 0) is 20.8 Å². The van der Waals surface area contributed by atoms with Crippen LogP contribution in [0.15, 0.2) is 24.3 Å². The van der Waals surface area contributed by atoms with Crippen molar-refractivity contribution >= 4 is 17.7 Å². The number of halogens is 2. The summed E-state index contributed by atoms with van der Waals surface area (Å²) in [7, 11) is 1.63. The Morgan fingerprint density at radius 1 is 1.10 bits per heavy atom. The van der Waals surface area contributed by atoms with Crippen LogP contribution in [0.2, 0.25) is 0 Å². The van der Waals surface area contributed by atoms with Crippen LogP contribution in [0.4, 0.5) is 8.78 Å². The van der Waals surface area contributed by atoms with Gasteiger partial charge in [-0.05, 0) is 38.5 Å². The largest absolute Gasteiger partial charge is 0.457 e. The maximum Gasteiger partial charge on any atom is 0.308 e. The van der Waals surface area contributed by atoms with Crippen molar-refractivity contribution in [3.63, 3.8) is 0 Å². The van der Waals surface area contributed by atoms with E-state index in [9.17, 15) is 23.2 Å². The molecular weight excluding hydrogens is 410 g/mol. The van der Waals surface area contributed by atoms with Gasteiger partial charge in [-0.1, -0.05) is 0 Å². The fraction of sp³-hybridized carbons (Fsp3) is 0.409. The first-order valence-electron chi connectivity index (χ1n) is 9.82. The van der Waals surface area contributed by atoms with Gasteiger partial charge in [0.25, 0.3) is 5.91 Å². The molecule has 0 saturated carbocycles. The molecule has 31 heavy (non-hydrogen) atoms. The molecule has 1 heterocycles. The van der Waals surface area contributed by atoms with Crippen LogP contribution in [0.25, 0.3) is 0 Å². The lowest BCUT2D eigenvalue weighted by Crippen LogP contribution is -2.27. The average molecular weight is 436 g/mol. The zero-order valence-corrected chi connectivity index (χ0v) is 17.8. The minimum absolute atomic E-state index is 0.114. The number of nitrogens with zero attached hydrogens (tertiary/aromatic N) is 1. The summed E-state index contributed by atoms with van der Waals surface area (Å²) in [5, 5.41) is 2.35. The van der Waals surface area contributed by atoms with E-state index in [4.69, 9.17) is 9.47 Å². The van der Waals surface area contributed by atoms with Crippen molar-refractivity contribution in [2.75, 3.05) is 26.9 Å². The molecular formula is C22H26F2N2O5. The number of benzene rings is 1. The summed E-state index contributed by atoms with van der Waals surface area (Å²) in [4.78, 5) is 36.2. The fourth-order valence-corrected chi connectivity index (χ4v) is 3.14. The van der Waals surface area contributed by atoms with Gasteiger partial charge in [0.05, 0.1) is 12.0 Å². The van der Waals surface area contributed by atoms with Crippen molar-refractivity contribution in [2.45, 2.75) is 33.2 Å². The van der Waals surface area contributed by atoms with Crippen molar-refractivity contribution < 1.29 is 32.6 Å². The van der Waals surface area contributed by atoms with E-state index in [1.807, 2.05) is 18.4 Å². The molecule has 1 aromatic carbocycles. The molecule has 1 amide bonds. The predicted molar refractivity (Wildman–Crippen MR) is 109 cm³/mol. The third-order valence-corrected chi connectivity index (χ3v) is 4.76. The van der Waals surface area contributed by atoms with Crippen LogP contribution in [-0.4, -0.2) is 49.1 Å². The molecule has 2 rings (SSSR count). The Bertz CT molecular complexity index is 956. The third kappa shape index (κ3) is 6.71. The second-order valence-corrected chi connectivity index (χ2v) is 7.00. The highest BCUT2D eigenvalue weighted by molar-refractivity contribution is 5.99. The number of hydrogen-bond donors (Lipinski definition) is 1. The molecule has 0 aliphatic carbocycles. The Kier molecular flexibility index (Phi) is 8.87. The lowest BCUT2D eigenvalue weighted by Gasteiger charge is -2.09. The van der Waals surface area contributed by atoms with Gasteiger partial charge in [0.15, 0.2) is 6.61 Å². The molecule has 168 valence electrons. The van der Waals surface area contributed by atoms with Crippen molar-refractivity contribution in [3.05, 3.63) is 58.4 Å². The Morgan fingerprint density at radius 2 is 1.84 bits per heavy atom. The van der Waals surface area contributed by atoms with E-state index in [2.05, 4.69) is 5.32 Å². The molecule has 0 unspecified atom stereocenters. The van der Waals surface area contributed by atoms with Gasteiger partial charge in [0, 0.05) is 49.8 Å². The van der Waals surface area contributed by atoms with Crippen LogP contribution >= 0.6 is 0 Å². The highest BCUT2D eigenvalue weighted by Crippen LogP contribution is 2.16. The first-order chi connectivity index (χ1) is 14.7. The molecule has 0 saturated heterocycles. The Labute approximate surface area is 179 Å². The SMILES string of the molecule is COCCCn1c(C)cc(C(=O)COC(=O)CCNC(=O)c2ccc(F)cc2F)c1C. The minimum Gasteiger partial charge on any atom is -0.457 e. The van der Waals surface area contributed by atoms with Gasteiger partial charge < -0.3 is 19.4 Å². The van der Waals surface area contributed by atoms with E-state index in [-0.39, 0.29) is 24.3 Å². The van der Waals surface area contributed by atoms with E-state index in [1.54, 1.807) is 13.2 Å². The van der Waals surface area contributed by atoms with Crippen LogP contribution in [0, 0.1) is 25.5 Å². The number of aromatic nitrogens is 1. The normalized spacial score (nSPS) is 10.7. The predicted octanol–water partition coefficient (Wildman–Crippen LogP) is 2.97. The van der Waals surface area contributed by atoms with Gasteiger partial charge in [-0.25, -0.2) is 8.78 Å². The number of ketones is 1. The maximum absolute atomic E-state index is 13.6. The summed E-state index contributed by atoms with van der Waals surface area (Å²) in [5.41, 5.74) is 1.89. The standard InChI is InChI=1S/C22H26F2N2O5/c1-14-11-18(15(2)26(14)9-4-10-30-3)20(27)13-31-21(28)7-8-25-22(29)17-6-5-16(23)12-19(17)24/h5-6,11-12H,4,7-10,13H2,1-3H3,(H,25,29). The van der Waals surface area contributed by atoms with E-state index in [0.717, 1.165) is 29.9 Å². The van der Waals surface area contributed by atoms with Crippen molar-refractivity contribution in [3.8, 4) is 0 Å². The number of carbonyl (C=O) groups excluding carboxylic acids is 3. The van der Waals surface area contributed by atoms with Crippen LogP contribution < -0.4 is 5.32 Å². The summed E-state index contributed by atoms with van der Waals surface area (Å²) in [5.74, 6) is -3.56. The molecule has 7 nitrogen and oxygen atoms in total. The van der Waals surface area contributed by atoms with Crippen LogP contribution in [0.1, 0.15) is 44.9 Å². The number of ether oxygens (including phenoxy) is 2. The summed E-state index contributed by atoms with van der Waals surface area (Å²) in [6.45, 7) is 4.53. The summed E-state index contributed by atoms with van der Waals surface area (Å²) < 4.78 is 38.5. The van der Waals surface area contributed by atoms with Crippen molar-refractivity contribution in [1.82, 2.24) is 9.88 Å². The first-order valence-corrected chi connectivity index (χ1v) is 9.82. The van der Waals surface area contributed by atoms with E-state index in [1.165, 1.54) is 0 Å². The highest BCUT2D eigenvalue weighted by atomic mass is 19.1. The van der Waals surface area contributed by atoms with Gasteiger partial charge in [-0.2, -0.15) is 0 Å². The Morgan fingerprint density at radius 3 is 2.52 bits per heavy atom. The van der Waals surface area contributed by atoms with Crippen LogP contribution in [0.3, 0.4) is 0 Å². The Hall–Kier alpha value is -3.07. The van der Waals surface area contributed by atoms with Gasteiger partial charge in [0.2, 0.25) is 5.78 Å². The zero-order valence-electron chi connectivity index (χ0n) is 17.8. The number of aryl methyl sites for hydroxylation is 1. The van der Waals surface area contributed by atoms with Crippen molar-refractivity contribution in [1.29, 1.82) is 0 Å². The number of rotatable bonds is 11. The lowest BCUT2D eigenvalue weighted by atomic mass is 10.1. The van der Waals surface area contributed by atoms with Gasteiger partial charge in [0.1, 0.15) is 11.6 Å². The quantitative estimate of drug-likeness (QED) is 0.333. The third-order valence-electron chi connectivity index (χ3n) is 4.76. The lowest BCUT2D eigenvalue weighted by molar-refractivity contribution is -0.142. The molecule has 0 aliphatic rings. The van der Waals surface area contributed by atoms with Gasteiger partial charge in [-0.3, -0.25) is 14.4 Å². The number of methoxy groups -OCH3 is 1. The summed E-state index contributed by atoms with van der Waals surface area (Å²) >= 11 is 0. The fourth-order valence-electron chi connectivity index (χ4n) is 3.14. The second kappa shape index (κ2) is 11.4. The molecule has 0 atom stereocenters. The van der Waals surface area contributed by atoms with E-state index >= 15 is 0 Å². The van der Waals surface area contributed by atoms with Crippen molar-refractivity contribution in [2.24, 2.45) is 0 Å². The number of hydrogen-bond acceptors (Lipinski definition) is 5. The Balaban J connectivity index is 1.80. The molecule has 0 bridgehead atoms. The van der Waals surface area contributed by atoms with Gasteiger partial charge >= 0.3 is 5.97 Å². The summed E-state index contributed by atoms with van der Waals surface area (Å²) in [6, 6.07) is 4.34. The molecule has 9 heteroatoms. The van der Waals surface area contributed by atoms with Gasteiger partial charge in [-0.15, -0.1) is 0 Å². The highest BCUT2D eigenvalue weighted by Gasteiger charge is 2.18. The number of nitrogens with one attached hydrogen (secondary N) is 1. The molecule has 0 fully saturated rings. The molecule has 0 radical (unpaired) electrons. The number of esters is 1. The molecule has 2 aromatic rings. The topological polar surface area (TPSA) is 86.6 Å².